The number of hydrogen-bond donors (Lipinski definition) is 2. The average molecular weight is 406 g/mol. The van der Waals surface area contributed by atoms with E-state index in [2.05, 4.69) is 15.3 Å². The number of nitrogens with one attached hydrogen (secondary N) is 1. The third-order valence-corrected chi connectivity index (χ3v) is 3.91. The molecular formula is C19H17F3N4O3. The molecule has 2 N–H and O–H groups in total. The molecule has 1 amide bonds. The van der Waals surface area contributed by atoms with Gasteiger partial charge in [0.05, 0.1) is 23.6 Å². The van der Waals surface area contributed by atoms with Crippen LogP contribution in [-0.4, -0.2) is 32.7 Å². The van der Waals surface area contributed by atoms with Crippen LogP contribution in [0.3, 0.4) is 0 Å². The van der Waals surface area contributed by atoms with E-state index in [9.17, 15) is 23.2 Å². The summed E-state index contributed by atoms with van der Waals surface area (Å²) in [5.41, 5.74) is 0.239. The van der Waals surface area contributed by atoms with Crippen molar-refractivity contribution >= 4 is 17.6 Å². The van der Waals surface area contributed by atoms with Crippen molar-refractivity contribution in [1.29, 1.82) is 0 Å². The highest BCUT2D eigenvalue weighted by molar-refractivity contribution is 5.91. The minimum Gasteiger partial charge on any atom is -0.423 e. The van der Waals surface area contributed by atoms with Crippen LogP contribution < -0.4 is 5.32 Å². The summed E-state index contributed by atoms with van der Waals surface area (Å²) >= 11 is 0. The molecule has 2 aromatic heterocycles. The van der Waals surface area contributed by atoms with E-state index in [0.29, 0.717) is 22.7 Å². The molecule has 0 bridgehead atoms. The van der Waals surface area contributed by atoms with Crippen molar-refractivity contribution < 1.29 is 27.6 Å². The number of anilines is 2. The van der Waals surface area contributed by atoms with E-state index in [0.717, 1.165) is 12.1 Å². The van der Waals surface area contributed by atoms with Gasteiger partial charge in [0.15, 0.2) is 5.76 Å². The number of aromatic nitrogens is 2. The first-order chi connectivity index (χ1) is 13.8. The Balaban J connectivity index is 1.68. The molecule has 0 radical (unpaired) electrons. The molecule has 0 fully saturated rings. The van der Waals surface area contributed by atoms with Gasteiger partial charge in [0.1, 0.15) is 5.69 Å². The van der Waals surface area contributed by atoms with E-state index < -0.39 is 17.6 Å². The number of nitrogens with zero attached hydrogens (tertiary/aromatic N) is 3. The summed E-state index contributed by atoms with van der Waals surface area (Å²) in [5.74, 6) is -0.324. The minimum atomic E-state index is -4.41. The molecule has 0 aliphatic rings. The number of hydrogen-bond acceptors (Lipinski definition) is 6. The van der Waals surface area contributed by atoms with Crippen LogP contribution in [0.5, 0.6) is 0 Å². The van der Waals surface area contributed by atoms with Gasteiger partial charge in [-0.15, -0.1) is 0 Å². The summed E-state index contributed by atoms with van der Waals surface area (Å²) < 4.78 is 43.4. The van der Waals surface area contributed by atoms with Crippen molar-refractivity contribution in [3.8, 4) is 11.3 Å². The molecule has 152 valence electrons. The molecule has 2 heterocycles. The van der Waals surface area contributed by atoms with Gasteiger partial charge in [-0.2, -0.15) is 13.2 Å². The molecule has 7 nitrogen and oxygen atoms in total. The van der Waals surface area contributed by atoms with Gasteiger partial charge in [-0.3, -0.25) is 10.0 Å². The second-order valence-corrected chi connectivity index (χ2v) is 6.09. The highest BCUT2D eigenvalue weighted by Crippen LogP contribution is 2.31. The van der Waals surface area contributed by atoms with Crippen LogP contribution in [-0.2, 0) is 6.18 Å². The Morgan fingerprint density at radius 3 is 2.45 bits per heavy atom. The van der Waals surface area contributed by atoms with E-state index in [-0.39, 0.29) is 24.0 Å². The molecule has 29 heavy (non-hydrogen) atoms. The lowest BCUT2D eigenvalue weighted by Gasteiger charge is -2.13. The van der Waals surface area contributed by atoms with Gasteiger partial charge >= 0.3 is 6.18 Å². The molecule has 1 aromatic carbocycles. The number of hydroxylamine groups is 2. The van der Waals surface area contributed by atoms with Crippen LogP contribution in [0.15, 0.2) is 53.2 Å². The van der Waals surface area contributed by atoms with Crippen molar-refractivity contribution in [3.05, 3.63) is 60.0 Å². The smallest absolute Gasteiger partial charge is 0.416 e. The Morgan fingerprint density at radius 2 is 1.86 bits per heavy atom. The number of oxazole rings is 1. The molecule has 0 spiro atoms. The monoisotopic (exact) mass is 406 g/mol. The maximum absolute atomic E-state index is 12.6. The predicted octanol–water partition coefficient (Wildman–Crippen LogP) is 4.74. The van der Waals surface area contributed by atoms with Crippen LogP contribution in [0.4, 0.5) is 24.9 Å². The third-order valence-electron chi connectivity index (χ3n) is 3.91. The standard InChI is InChI=1S/C19H17F3N4O3/c1-2-9-26(28)17(27)15-8-7-14(10-23-15)25-18-24-11-16(29-18)12-3-5-13(6-4-12)19(20,21)22/h3-8,10-11,28H,2,9H2,1H3,(H,24,25). The summed E-state index contributed by atoms with van der Waals surface area (Å²) in [6.45, 7) is 2.02. The maximum atomic E-state index is 12.6. The van der Waals surface area contributed by atoms with E-state index in [1.807, 2.05) is 6.92 Å². The van der Waals surface area contributed by atoms with Gasteiger partial charge in [0, 0.05) is 12.1 Å². The van der Waals surface area contributed by atoms with Crippen molar-refractivity contribution in [2.75, 3.05) is 11.9 Å². The number of rotatable bonds is 6. The number of halogens is 3. The van der Waals surface area contributed by atoms with Gasteiger partial charge in [0.2, 0.25) is 0 Å². The van der Waals surface area contributed by atoms with Crippen LogP contribution in [0.25, 0.3) is 11.3 Å². The Kier molecular flexibility index (Phi) is 5.83. The highest BCUT2D eigenvalue weighted by atomic mass is 19.4. The Hall–Kier alpha value is -3.40. The lowest BCUT2D eigenvalue weighted by Crippen LogP contribution is -2.28. The van der Waals surface area contributed by atoms with Crippen LogP contribution in [0.1, 0.15) is 29.4 Å². The fourth-order valence-corrected chi connectivity index (χ4v) is 2.45. The largest absolute Gasteiger partial charge is 0.423 e. The molecule has 0 saturated carbocycles. The van der Waals surface area contributed by atoms with Crippen molar-refractivity contribution in [2.24, 2.45) is 0 Å². The molecule has 0 aliphatic carbocycles. The molecule has 3 aromatic rings. The summed E-state index contributed by atoms with van der Waals surface area (Å²) in [6, 6.07) is 7.63. The number of carbonyl (C=O) groups is 1. The van der Waals surface area contributed by atoms with E-state index >= 15 is 0 Å². The SMILES string of the molecule is CCCN(O)C(=O)c1ccc(Nc2ncc(-c3ccc(C(F)(F)F)cc3)o2)cn1. The highest BCUT2D eigenvalue weighted by Gasteiger charge is 2.30. The van der Waals surface area contributed by atoms with E-state index in [1.54, 1.807) is 6.07 Å². The number of benzene rings is 1. The van der Waals surface area contributed by atoms with Gasteiger partial charge in [-0.05, 0) is 30.7 Å². The zero-order valence-electron chi connectivity index (χ0n) is 15.3. The lowest BCUT2D eigenvalue weighted by molar-refractivity contribution is -0.137. The van der Waals surface area contributed by atoms with E-state index in [1.165, 1.54) is 30.6 Å². The van der Waals surface area contributed by atoms with Crippen molar-refractivity contribution in [1.82, 2.24) is 15.0 Å². The zero-order valence-corrected chi connectivity index (χ0v) is 15.3. The van der Waals surface area contributed by atoms with Crippen LogP contribution >= 0.6 is 0 Å². The molecular weight excluding hydrogens is 389 g/mol. The summed E-state index contributed by atoms with van der Waals surface area (Å²) in [6.07, 6.45) is -1.05. The molecule has 0 aliphatic heterocycles. The number of amides is 1. The van der Waals surface area contributed by atoms with Crippen molar-refractivity contribution in [2.45, 2.75) is 19.5 Å². The fourth-order valence-electron chi connectivity index (χ4n) is 2.45. The van der Waals surface area contributed by atoms with Crippen molar-refractivity contribution in [3.63, 3.8) is 0 Å². The normalized spacial score (nSPS) is 11.3. The predicted molar refractivity (Wildman–Crippen MR) is 97.6 cm³/mol. The average Bonchev–Trinajstić information content (AvgIpc) is 3.16. The Bertz CT molecular complexity index is 970. The number of pyridine rings is 1. The number of alkyl halides is 3. The molecule has 0 saturated heterocycles. The van der Waals surface area contributed by atoms with Gasteiger partial charge in [0.25, 0.3) is 11.9 Å². The van der Waals surface area contributed by atoms with E-state index in [4.69, 9.17) is 4.42 Å². The Labute approximate surface area is 163 Å². The van der Waals surface area contributed by atoms with Gasteiger partial charge in [-0.25, -0.2) is 15.0 Å². The maximum Gasteiger partial charge on any atom is 0.416 e. The zero-order chi connectivity index (χ0) is 21.0. The fraction of sp³-hybridized carbons (Fsp3) is 0.211. The second-order valence-electron chi connectivity index (χ2n) is 6.09. The molecule has 10 heteroatoms. The number of carbonyl (C=O) groups excluding carboxylic acids is 1. The molecule has 0 atom stereocenters. The first-order valence-corrected chi connectivity index (χ1v) is 8.65. The second kappa shape index (κ2) is 8.31. The van der Waals surface area contributed by atoms with Crippen LogP contribution in [0, 0.1) is 0 Å². The van der Waals surface area contributed by atoms with Crippen LogP contribution in [0.2, 0.25) is 0 Å². The summed E-state index contributed by atoms with van der Waals surface area (Å²) in [7, 11) is 0. The minimum absolute atomic E-state index is 0.0735. The molecule has 3 rings (SSSR count). The summed E-state index contributed by atoms with van der Waals surface area (Å²) in [4.78, 5) is 20.0. The third kappa shape index (κ3) is 4.91. The first-order valence-electron chi connectivity index (χ1n) is 8.65. The molecule has 0 unspecified atom stereocenters. The van der Waals surface area contributed by atoms with Gasteiger partial charge < -0.3 is 9.73 Å². The summed E-state index contributed by atoms with van der Waals surface area (Å²) in [5, 5.41) is 13.0. The van der Waals surface area contributed by atoms with Gasteiger partial charge in [-0.1, -0.05) is 19.1 Å². The Morgan fingerprint density at radius 1 is 1.14 bits per heavy atom. The quantitative estimate of drug-likeness (QED) is 0.454. The topological polar surface area (TPSA) is 91.5 Å². The lowest BCUT2D eigenvalue weighted by atomic mass is 10.1. The first kappa shape index (κ1) is 20.3.